The molecule has 1 heterocycles. The number of rotatable bonds is 4. The van der Waals surface area contributed by atoms with Crippen molar-refractivity contribution >= 4 is 52.2 Å². The number of thioether (sulfide) groups is 1. The zero-order valence-corrected chi connectivity index (χ0v) is 16.4. The van der Waals surface area contributed by atoms with E-state index >= 15 is 0 Å². The molecule has 0 radical (unpaired) electrons. The van der Waals surface area contributed by atoms with Crippen molar-refractivity contribution in [1.82, 2.24) is 4.90 Å². The highest BCUT2D eigenvalue weighted by molar-refractivity contribution is 8.18. The minimum Gasteiger partial charge on any atom is -0.496 e. The lowest BCUT2D eigenvalue weighted by molar-refractivity contribution is -0.123. The molecule has 1 aliphatic heterocycles. The maximum atomic E-state index is 12.6. The second kappa shape index (κ2) is 7.74. The van der Waals surface area contributed by atoms with Crippen molar-refractivity contribution in [2.75, 3.05) is 7.11 Å². The van der Waals surface area contributed by atoms with E-state index in [2.05, 4.69) is 0 Å². The second-order valence-electron chi connectivity index (χ2n) is 5.73. The quantitative estimate of drug-likeness (QED) is 0.623. The van der Waals surface area contributed by atoms with Gasteiger partial charge in [-0.2, -0.15) is 0 Å². The summed E-state index contributed by atoms with van der Waals surface area (Å²) in [5, 5.41) is 0.594. The normalized spacial score (nSPS) is 15.8. The molecule has 0 aromatic heterocycles. The lowest BCUT2D eigenvalue weighted by Gasteiger charge is -2.13. The average molecular weight is 408 g/mol. The van der Waals surface area contributed by atoms with Gasteiger partial charge in [-0.25, -0.2) is 0 Å². The number of hydrogen-bond acceptors (Lipinski definition) is 4. The van der Waals surface area contributed by atoms with Crippen molar-refractivity contribution in [3.63, 3.8) is 0 Å². The van der Waals surface area contributed by atoms with Crippen LogP contribution < -0.4 is 4.74 Å². The van der Waals surface area contributed by atoms with Crippen molar-refractivity contribution in [2.24, 2.45) is 0 Å². The lowest BCUT2D eigenvalue weighted by Crippen LogP contribution is -2.27. The van der Waals surface area contributed by atoms with Crippen LogP contribution in [-0.4, -0.2) is 23.2 Å². The molecule has 4 nitrogen and oxygen atoms in total. The van der Waals surface area contributed by atoms with Gasteiger partial charge < -0.3 is 4.74 Å². The summed E-state index contributed by atoms with van der Waals surface area (Å²) in [5.41, 5.74) is 2.45. The first-order valence-corrected chi connectivity index (χ1v) is 9.30. The first-order valence-electron chi connectivity index (χ1n) is 7.73. The molecule has 2 aromatic rings. The van der Waals surface area contributed by atoms with E-state index in [0.717, 1.165) is 28.6 Å². The van der Waals surface area contributed by atoms with E-state index in [0.29, 0.717) is 20.5 Å². The molecule has 0 N–H and O–H groups in total. The molecule has 1 saturated heterocycles. The highest BCUT2D eigenvalue weighted by Gasteiger charge is 2.35. The molecule has 1 aliphatic rings. The monoisotopic (exact) mass is 407 g/mol. The van der Waals surface area contributed by atoms with Gasteiger partial charge in [0.25, 0.3) is 11.1 Å². The fourth-order valence-electron chi connectivity index (χ4n) is 2.53. The number of carbonyl (C=O) groups is 2. The van der Waals surface area contributed by atoms with Crippen LogP contribution in [0.25, 0.3) is 6.08 Å². The molecule has 1 fully saturated rings. The molecule has 0 aliphatic carbocycles. The van der Waals surface area contributed by atoms with Crippen molar-refractivity contribution < 1.29 is 14.3 Å². The third kappa shape index (κ3) is 3.90. The zero-order chi connectivity index (χ0) is 18.8. The summed E-state index contributed by atoms with van der Waals surface area (Å²) < 4.78 is 5.30. The molecular weight excluding hydrogens is 393 g/mol. The predicted molar refractivity (Wildman–Crippen MR) is 106 cm³/mol. The first-order chi connectivity index (χ1) is 12.4. The van der Waals surface area contributed by atoms with Crippen LogP contribution in [0.1, 0.15) is 16.7 Å². The van der Waals surface area contributed by atoms with Crippen molar-refractivity contribution in [1.29, 1.82) is 0 Å². The topological polar surface area (TPSA) is 46.6 Å². The number of benzene rings is 2. The maximum absolute atomic E-state index is 12.6. The van der Waals surface area contributed by atoms with E-state index in [1.165, 1.54) is 4.90 Å². The maximum Gasteiger partial charge on any atom is 0.293 e. The van der Waals surface area contributed by atoms with Gasteiger partial charge in [0.05, 0.1) is 18.6 Å². The van der Waals surface area contributed by atoms with Gasteiger partial charge in [-0.15, -0.1) is 0 Å². The van der Waals surface area contributed by atoms with Gasteiger partial charge in [0, 0.05) is 10.0 Å². The van der Waals surface area contributed by atoms with Crippen LogP contribution in [0.4, 0.5) is 4.79 Å². The Hall–Kier alpha value is -1.95. The number of aryl methyl sites for hydroxylation is 1. The molecule has 7 heteroatoms. The molecule has 0 spiro atoms. The Labute approximate surface area is 165 Å². The number of methoxy groups -OCH3 is 1. The van der Waals surface area contributed by atoms with Crippen LogP contribution in [0.15, 0.2) is 41.3 Å². The van der Waals surface area contributed by atoms with E-state index in [1.807, 2.05) is 25.1 Å². The lowest BCUT2D eigenvalue weighted by atomic mass is 10.1. The average Bonchev–Trinajstić information content (AvgIpc) is 2.86. The summed E-state index contributed by atoms with van der Waals surface area (Å²) in [7, 11) is 1.59. The fraction of sp³-hybridized carbons (Fsp3) is 0.158. The summed E-state index contributed by atoms with van der Waals surface area (Å²) >= 11 is 12.9. The number of imide groups is 1. The number of ether oxygens (including phenoxy) is 1. The molecule has 3 rings (SSSR count). The van der Waals surface area contributed by atoms with Gasteiger partial charge >= 0.3 is 0 Å². The zero-order valence-electron chi connectivity index (χ0n) is 14.1. The molecular formula is C19H15Cl2NO3S. The van der Waals surface area contributed by atoms with Crippen LogP contribution in [-0.2, 0) is 11.3 Å². The Balaban J connectivity index is 1.84. The number of amides is 2. The minimum atomic E-state index is -0.342. The molecule has 0 unspecified atom stereocenters. The largest absolute Gasteiger partial charge is 0.496 e. The number of halogens is 2. The van der Waals surface area contributed by atoms with Gasteiger partial charge in [0.1, 0.15) is 5.75 Å². The van der Waals surface area contributed by atoms with Crippen molar-refractivity contribution in [2.45, 2.75) is 13.5 Å². The van der Waals surface area contributed by atoms with E-state index in [-0.39, 0.29) is 17.7 Å². The molecule has 0 saturated carbocycles. The number of carbonyl (C=O) groups excluding carboxylic acids is 2. The number of nitrogens with zero attached hydrogens (tertiary/aromatic N) is 1. The molecule has 2 amide bonds. The van der Waals surface area contributed by atoms with Crippen LogP contribution in [0, 0.1) is 6.92 Å². The van der Waals surface area contributed by atoms with Gasteiger partial charge in [0.2, 0.25) is 0 Å². The van der Waals surface area contributed by atoms with Crippen LogP contribution in [0.2, 0.25) is 10.0 Å². The molecule has 0 bridgehead atoms. The third-order valence-electron chi connectivity index (χ3n) is 3.95. The molecule has 134 valence electrons. The summed E-state index contributed by atoms with van der Waals surface area (Å²) in [5.74, 6) is 0.386. The van der Waals surface area contributed by atoms with E-state index in [4.69, 9.17) is 27.9 Å². The van der Waals surface area contributed by atoms with Crippen LogP contribution in [0.5, 0.6) is 5.75 Å². The van der Waals surface area contributed by atoms with Gasteiger partial charge in [-0.3, -0.25) is 14.5 Å². The standard InChI is InChI=1S/C19H15Cl2NO3S/c1-11-3-4-12(7-16(11)25-2)8-17-18(23)22(19(24)26-17)10-13-5-6-14(20)9-15(13)21/h3-9H,10H2,1-2H3/b17-8-. The Morgan fingerprint density at radius 1 is 1.15 bits per heavy atom. The van der Waals surface area contributed by atoms with Crippen molar-refractivity contribution in [3.05, 3.63) is 68.0 Å². The van der Waals surface area contributed by atoms with E-state index < -0.39 is 0 Å². The van der Waals surface area contributed by atoms with Gasteiger partial charge in [0.15, 0.2) is 0 Å². The minimum absolute atomic E-state index is 0.106. The van der Waals surface area contributed by atoms with E-state index in [1.54, 1.807) is 31.4 Å². The Kier molecular flexibility index (Phi) is 5.61. The first kappa shape index (κ1) is 18.8. The summed E-state index contributed by atoms with van der Waals surface area (Å²) in [6.45, 7) is 2.04. The smallest absolute Gasteiger partial charge is 0.293 e. The Bertz CT molecular complexity index is 927. The van der Waals surface area contributed by atoms with Gasteiger partial charge in [-0.1, -0.05) is 41.4 Å². The number of hydrogen-bond donors (Lipinski definition) is 0. The third-order valence-corrected chi connectivity index (χ3v) is 5.44. The molecule has 0 atom stereocenters. The highest BCUT2D eigenvalue weighted by atomic mass is 35.5. The molecule has 26 heavy (non-hydrogen) atoms. The fourth-order valence-corrected chi connectivity index (χ4v) is 3.84. The summed E-state index contributed by atoms with van der Waals surface area (Å²) in [6, 6.07) is 10.6. The Morgan fingerprint density at radius 2 is 1.92 bits per heavy atom. The Morgan fingerprint density at radius 3 is 2.62 bits per heavy atom. The SMILES string of the molecule is COc1cc(/C=C2\SC(=O)N(Cc3ccc(Cl)cc3Cl)C2=O)ccc1C. The predicted octanol–water partition coefficient (Wildman–Crippen LogP) is 5.55. The van der Waals surface area contributed by atoms with Crippen molar-refractivity contribution in [3.8, 4) is 5.75 Å². The second-order valence-corrected chi connectivity index (χ2v) is 7.57. The van der Waals surface area contributed by atoms with Crippen LogP contribution >= 0.6 is 35.0 Å². The van der Waals surface area contributed by atoms with E-state index in [9.17, 15) is 9.59 Å². The molecule has 2 aromatic carbocycles. The van der Waals surface area contributed by atoms with Gasteiger partial charge in [-0.05, 0) is 59.7 Å². The summed E-state index contributed by atoms with van der Waals surface area (Å²) in [6.07, 6.45) is 1.69. The van der Waals surface area contributed by atoms with Crippen LogP contribution in [0.3, 0.4) is 0 Å². The summed E-state index contributed by atoms with van der Waals surface area (Å²) in [4.78, 5) is 26.5. The highest BCUT2D eigenvalue weighted by Crippen LogP contribution is 2.35.